The molecule has 0 saturated heterocycles. The van der Waals surface area contributed by atoms with Gasteiger partial charge in [0.2, 0.25) is 0 Å². The fraction of sp³-hybridized carbons (Fsp3) is 0.250. The highest BCUT2D eigenvalue weighted by molar-refractivity contribution is 5.94. The first-order chi connectivity index (χ1) is 9.70. The summed E-state index contributed by atoms with van der Waals surface area (Å²) in [6, 6.07) is 11.4. The van der Waals surface area contributed by atoms with Gasteiger partial charge in [-0.2, -0.15) is 0 Å². The number of nitrogens with zero attached hydrogens (tertiary/aromatic N) is 1. The Morgan fingerprint density at radius 2 is 1.95 bits per heavy atom. The molecule has 1 saturated carbocycles. The molecular formula is C16H15FN2O. The average Bonchev–Trinajstić information content (AvgIpc) is 3.28. The smallest absolute Gasteiger partial charge is 0.251 e. The van der Waals surface area contributed by atoms with Crippen LogP contribution in [0.1, 0.15) is 28.9 Å². The lowest BCUT2D eigenvalue weighted by atomic mass is 10.0. The van der Waals surface area contributed by atoms with Crippen LogP contribution in [0.3, 0.4) is 0 Å². The molecule has 2 aromatic rings. The van der Waals surface area contributed by atoms with Crippen LogP contribution in [0, 0.1) is 5.82 Å². The average molecular weight is 270 g/mol. The van der Waals surface area contributed by atoms with Gasteiger partial charge in [-0.25, -0.2) is 4.39 Å². The number of hydrogen-bond acceptors (Lipinski definition) is 2. The van der Waals surface area contributed by atoms with Crippen molar-refractivity contribution in [3.8, 4) is 0 Å². The number of pyridine rings is 1. The number of carbonyl (C=O) groups is 1. The first-order valence-corrected chi connectivity index (χ1v) is 6.65. The number of benzene rings is 1. The maximum Gasteiger partial charge on any atom is 0.251 e. The number of rotatable bonds is 4. The summed E-state index contributed by atoms with van der Waals surface area (Å²) in [5.74, 6) is -0.513. The topological polar surface area (TPSA) is 42.0 Å². The summed E-state index contributed by atoms with van der Waals surface area (Å²) in [6.07, 6.45) is 3.85. The van der Waals surface area contributed by atoms with Crippen molar-refractivity contribution in [2.24, 2.45) is 0 Å². The molecule has 20 heavy (non-hydrogen) atoms. The van der Waals surface area contributed by atoms with Crippen molar-refractivity contribution in [1.29, 1.82) is 0 Å². The predicted octanol–water partition coefficient (Wildman–Crippen LogP) is 2.68. The van der Waals surface area contributed by atoms with E-state index >= 15 is 0 Å². The Hall–Kier alpha value is -2.23. The van der Waals surface area contributed by atoms with Crippen LogP contribution in [0.25, 0.3) is 0 Å². The number of aromatic nitrogens is 1. The van der Waals surface area contributed by atoms with Gasteiger partial charge in [0.05, 0.1) is 0 Å². The molecule has 1 heterocycles. The minimum Gasteiger partial charge on any atom is -0.351 e. The number of hydrogen-bond donors (Lipinski definition) is 1. The van der Waals surface area contributed by atoms with E-state index in [1.807, 2.05) is 18.2 Å². The van der Waals surface area contributed by atoms with Gasteiger partial charge >= 0.3 is 0 Å². The molecule has 3 rings (SSSR count). The first kappa shape index (κ1) is 12.8. The molecule has 1 N–H and O–H groups in total. The standard InChI is InChI=1S/C16H15FN2O/c17-13-6-4-12(5-7-13)15(20)19-11-16(8-9-16)14-3-1-2-10-18-14/h1-7,10H,8-9,11H2,(H,19,20). The van der Waals surface area contributed by atoms with Gasteiger partial charge in [-0.15, -0.1) is 0 Å². The van der Waals surface area contributed by atoms with Crippen molar-refractivity contribution in [3.05, 3.63) is 65.7 Å². The second kappa shape index (κ2) is 5.04. The molecule has 0 radical (unpaired) electrons. The van der Waals surface area contributed by atoms with Crippen LogP contribution >= 0.6 is 0 Å². The molecule has 1 aromatic heterocycles. The van der Waals surface area contributed by atoms with Crippen molar-refractivity contribution in [1.82, 2.24) is 10.3 Å². The van der Waals surface area contributed by atoms with Gasteiger partial charge in [0.15, 0.2) is 0 Å². The Kier molecular flexibility index (Phi) is 3.22. The predicted molar refractivity (Wildman–Crippen MR) is 73.9 cm³/mol. The van der Waals surface area contributed by atoms with Gasteiger partial charge in [0.25, 0.3) is 5.91 Å². The molecule has 0 atom stereocenters. The summed E-state index contributed by atoms with van der Waals surface area (Å²) in [5.41, 5.74) is 1.49. The van der Waals surface area contributed by atoms with E-state index in [4.69, 9.17) is 0 Å². The highest BCUT2D eigenvalue weighted by atomic mass is 19.1. The number of carbonyl (C=O) groups excluding carboxylic acids is 1. The highest BCUT2D eigenvalue weighted by Crippen LogP contribution is 2.46. The summed E-state index contributed by atoms with van der Waals surface area (Å²) in [7, 11) is 0. The number of nitrogens with one attached hydrogen (secondary N) is 1. The molecule has 3 nitrogen and oxygen atoms in total. The molecule has 0 aliphatic heterocycles. The van der Waals surface area contributed by atoms with Gasteiger partial charge in [0, 0.05) is 29.4 Å². The normalized spacial score (nSPS) is 15.7. The van der Waals surface area contributed by atoms with Crippen molar-refractivity contribution >= 4 is 5.91 Å². The monoisotopic (exact) mass is 270 g/mol. The highest BCUT2D eigenvalue weighted by Gasteiger charge is 2.45. The summed E-state index contributed by atoms with van der Waals surface area (Å²) >= 11 is 0. The fourth-order valence-corrected chi connectivity index (χ4v) is 2.30. The largest absolute Gasteiger partial charge is 0.351 e. The Morgan fingerprint density at radius 3 is 2.55 bits per heavy atom. The van der Waals surface area contributed by atoms with E-state index < -0.39 is 0 Å². The van der Waals surface area contributed by atoms with Crippen LogP contribution < -0.4 is 5.32 Å². The third kappa shape index (κ3) is 2.54. The van der Waals surface area contributed by atoms with Crippen LogP contribution in [-0.4, -0.2) is 17.4 Å². The molecule has 1 aliphatic carbocycles. The zero-order valence-corrected chi connectivity index (χ0v) is 11.0. The van der Waals surface area contributed by atoms with E-state index in [9.17, 15) is 9.18 Å². The third-order valence-corrected chi connectivity index (χ3v) is 3.76. The van der Waals surface area contributed by atoms with E-state index in [0.717, 1.165) is 18.5 Å². The minimum atomic E-state index is -0.339. The first-order valence-electron chi connectivity index (χ1n) is 6.65. The minimum absolute atomic E-state index is 0.0169. The van der Waals surface area contributed by atoms with Gasteiger partial charge in [-0.1, -0.05) is 6.07 Å². The maximum absolute atomic E-state index is 12.8. The zero-order valence-electron chi connectivity index (χ0n) is 11.0. The SMILES string of the molecule is O=C(NCC1(c2ccccn2)CC1)c1ccc(F)cc1. The van der Waals surface area contributed by atoms with E-state index in [1.165, 1.54) is 24.3 Å². The van der Waals surface area contributed by atoms with Crippen LogP contribution in [0.2, 0.25) is 0 Å². The Morgan fingerprint density at radius 1 is 1.20 bits per heavy atom. The fourth-order valence-electron chi connectivity index (χ4n) is 2.30. The summed E-state index contributed by atoms with van der Waals surface area (Å²) in [5, 5.41) is 2.92. The van der Waals surface area contributed by atoms with Crippen molar-refractivity contribution in [3.63, 3.8) is 0 Å². The molecule has 0 bridgehead atoms. The Balaban J connectivity index is 1.65. The molecule has 1 aliphatic rings. The molecule has 4 heteroatoms. The van der Waals surface area contributed by atoms with Gasteiger partial charge < -0.3 is 5.32 Å². The lowest BCUT2D eigenvalue weighted by Gasteiger charge is -2.15. The Labute approximate surface area is 116 Å². The molecule has 1 aromatic carbocycles. The quantitative estimate of drug-likeness (QED) is 0.928. The number of halogens is 1. The third-order valence-electron chi connectivity index (χ3n) is 3.76. The summed E-state index contributed by atoms with van der Waals surface area (Å²) < 4.78 is 12.8. The Bertz CT molecular complexity index is 606. The molecule has 102 valence electrons. The van der Waals surface area contributed by atoms with Gasteiger partial charge in [-0.05, 0) is 49.2 Å². The molecule has 0 unspecified atom stereocenters. The van der Waals surface area contributed by atoms with E-state index in [0.29, 0.717) is 12.1 Å². The molecule has 0 spiro atoms. The van der Waals surface area contributed by atoms with Crippen LogP contribution in [0.4, 0.5) is 4.39 Å². The maximum atomic E-state index is 12.8. The van der Waals surface area contributed by atoms with Gasteiger partial charge in [0.1, 0.15) is 5.82 Å². The van der Waals surface area contributed by atoms with E-state index in [-0.39, 0.29) is 17.1 Å². The second-order valence-electron chi connectivity index (χ2n) is 5.18. The molecule has 1 amide bonds. The van der Waals surface area contributed by atoms with Crippen LogP contribution in [0.5, 0.6) is 0 Å². The van der Waals surface area contributed by atoms with Gasteiger partial charge in [-0.3, -0.25) is 9.78 Å². The lowest BCUT2D eigenvalue weighted by Crippen LogP contribution is -2.32. The number of amides is 1. The van der Waals surface area contributed by atoms with Crippen molar-refractivity contribution < 1.29 is 9.18 Å². The summed E-state index contributed by atoms with van der Waals surface area (Å²) in [4.78, 5) is 16.4. The van der Waals surface area contributed by atoms with Crippen LogP contribution in [-0.2, 0) is 5.41 Å². The summed E-state index contributed by atoms with van der Waals surface area (Å²) in [6.45, 7) is 0.570. The van der Waals surface area contributed by atoms with Crippen molar-refractivity contribution in [2.45, 2.75) is 18.3 Å². The van der Waals surface area contributed by atoms with Crippen LogP contribution in [0.15, 0.2) is 48.7 Å². The second-order valence-corrected chi connectivity index (χ2v) is 5.18. The zero-order chi connectivity index (χ0) is 14.0. The molecule has 1 fully saturated rings. The lowest BCUT2D eigenvalue weighted by molar-refractivity contribution is 0.0949. The molecular weight excluding hydrogens is 255 g/mol. The van der Waals surface area contributed by atoms with Crippen molar-refractivity contribution in [2.75, 3.05) is 6.54 Å². The van der Waals surface area contributed by atoms with E-state index in [2.05, 4.69) is 10.3 Å². The van der Waals surface area contributed by atoms with E-state index in [1.54, 1.807) is 6.20 Å².